The third-order valence-electron chi connectivity index (χ3n) is 2.99. The van der Waals surface area contributed by atoms with Crippen molar-refractivity contribution < 1.29 is 23.8 Å². The average molecular weight is 311 g/mol. The van der Waals surface area contributed by atoms with Gasteiger partial charge in [0.2, 0.25) is 5.75 Å². The zero-order valence-electron chi connectivity index (χ0n) is 12.2. The minimum Gasteiger partial charge on any atom is -0.493 e. The van der Waals surface area contributed by atoms with Crippen LogP contribution >= 0.6 is 11.8 Å². The van der Waals surface area contributed by atoms with Crippen molar-refractivity contribution in [3.8, 4) is 17.2 Å². The molecule has 0 spiro atoms. The molecule has 1 aromatic carbocycles. The molecule has 6 nitrogen and oxygen atoms in total. The van der Waals surface area contributed by atoms with Gasteiger partial charge in [-0.1, -0.05) is 0 Å². The lowest BCUT2D eigenvalue weighted by molar-refractivity contribution is -0.132. The molecule has 0 atom stereocenters. The smallest absolute Gasteiger partial charge is 0.308 e. The van der Waals surface area contributed by atoms with E-state index in [0.717, 1.165) is 12.3 Å². The maximum Gasteiger partial charge on any atom is 0.308 e. The molecule has 0 aliphatic carbocycles. The van der Waals surface area contributed by atoms with Gasteiger partial charge < -0.3 is 19.1 Å². The molecule has 1 heterocycles. The van der Waals surface area contributed by atoms with Crippen LogP contribution in [0.4, 0.5) is 0 Å². The number of benzene rings is 1. The van der Waals surface area contributed by atoms with Crippen LogP contribution in [-0.2, 0) is 4.79 Å². The highest BCUT2D eigenvalue weighted by atomic mass is 32.2. The molecule has 0 unspecified atom stereocenters. The van der Waals surface area contributed by atoms with Gasteiger partial charge >= 0.3 is 5.97 Å². The summed E-state index contributed by atoms with van der Waals surface area (Å²) in [6.07, 6.45) is 0. The van der Waals surface area contributed by atoms with Crippen molar-refractivity contribution in [3.05, 3.63) is 17.7 Å². The SMILES string of the molecule is COc1cc(C(=O)N2CCSC2)cc(OC)c1OC(C)=O. The fourth-order valence-corrected chi connectivity index (χ4v) is 2.95. The van der Waals surface area contributed by atoms with Gasteiger partial charge in [-0.2, -0.15) is 0 Å². The molecule has 1 fully saturated rings. The zero-order valence-corrected chi connectivity index (χ0v) is 13.0. The second kappa shape index (κ2) is 6.71. The summed E-state index contributed by atoms with van der Waals surface area (Å²) >= 11 is 1.71. The van der Waals surface area contributed by atoms with Crippen molar-refractivity contribution in [2.24, 2.45) is 0 Å². The van der Waals surface area contributed by atoms with Crippen molar-refractivity contribution in [1.82, 2.24) is 4.90 Å². The highest BCUT2D eigenvalue weighted by molar-refractivity contribution is 7.99. The Bertz CT molecular complexity index is 529. The molecule has 1 aliphatic heterocycles. The van der Waals surface area contributed by atoms with Crippen LogP contribution in [0.1, 0.15) is 17.3 Å². The van der Waals surface area contributed by atoms with Gasteiger partial charge in [-0.3, -0.25) is 9.59 Å². The number of hydrogen-bond donors (Lipinski definition) is 0. The van der Waals surface area contributed by atoms with Gasteiger partial charge in [-0.15, -0.1) is 11.8 Å². The third-order valence-corrected chi connectivity index (χ3v) is 3.96. The van der Waals surface area contributed by atoms with Gasteiger partial charge in [0.1, 0.15) is 0 Å². The predicted octanol–water partition coefficient (Wildman–Crippen LogP) is 1.78. The van der Waals surface area contributed by atoms with E-state index in [0.29, 0.717) is 22.9 Å². The van der Waals surface area contributed by atoms with Crippen molar-refractivity contribution >= 4 is 23.6 Å². The monoisotopic (exact) mass is 311 g/mol. The number of esters is 1. The maximum absolute atomic E-state index is 12.4. The lowest BCUT2D eigenvalue weighted by atomic mass is 10.1. The minimum atomic E-state index is -0.485. The molecule has 21 heavy (non-hydrogen) atoms. The summed E-state index contributed by atoms with van der Waals surface area (Å²) in [4.78, 5) is 25.3. The topological polar surface area (TPSA) is 65.1 Å². The number of nitrogens with zero attached hydrogens (tertiary/aromatic N) is 1. The third kappa shape index (κ3) is 3.41. The normalized spacial score (nSPS) is 14.0. The van der Waals surface area contributed by atoms with Crippen molar-refractivity contribution in [2.45, 2.75) is 6.92 Å². The zero-order chi connectivity index (χ0) is 15.4. The van der Waals surface area contributed by atoms with Crippen LogP contribution in [0.15, 0.2) is 12.1 Å². The van der Waals surface area contributed by atoms with Gasteiger partial charge in [0.15, 0.2) is 11.5 Å². The molecule has 7 heteroatoms. The summed E-state index contributed by atoms with van der Waals surface area (Å²) in [6, 6.07) is 3.12. The summed E-state index contributed by atoms with van der Waals surface area (Å²) < 4.78 is 15.5. The summed E-state index contributed by atoms with van der Waals surface area (Å²) in [6.45, 7) is 2.01. The lowest BCUT2D eigenvalue weighted by Crippen LogP contribution is -2.27. The van der Waals surface area contributed by atoms with Gasteiger partial charge in [-0.05, 0) is 12.1 Å². The van der Waals surface area contributed by atoms with Gasteiger partial charge in [0.05, 0.1) is 20.1 Å². The number of hydrogen-bond acceptors (Lipinski definition) is 6. The first kappa shape index (κ1) is 15.5. The number of carbonyl (C=O) groups is 2. The Labute approximate surface area is 127 Å². The molecule has 0 saturated carbocycles. The molecule has 2 rings (SSSR count). The second-order valence-electron chi connectivity index (χ2n) is 4.41. The van der Waals surface area contributed by atoms with Crippen LogP contribution in [0.2, 0.25) is 0 Å². The van der Waals surface area contributed by atoms with Gasteiger partial charge in [-0.25, -0.2) is 0 Å². The van der Waals surface area contributed by atoms with Crippen LogP contribution in [0.5, 0.6) is 17.2 Å². The molecule has 1 amide bonds. The Hall–Kier alpha value is -1.89. The average Bonchev–Trinajstić information content (AvgIpc) is 3.00. The first-order chi connectivity index (χ1) is 10.1. The number of carbonyl (C=O) groups excluding carboxylic acids is 2. The Morgan fingerprint density at radius 3 is 2.24 bits per heavy atom. The highest BCUT2D eigenvalue weighted by Gasteiger charge is 2.24. The first-order valence-electron chi connectivity index (χ1n) is 6.38. The molecular formula is C14H17NO5S. The van der Waals surface area contributed by atoms with Crippen LogP contribution in [-0.4, -0.2) is 49.2 Å². The second-order valence-corrected chi connectivity index (χ2v) is 5.48. The highest BCUT2D eigenvalue weighted by Crippen LogP contribution is 2.39. The van der Waals surface area contributed by atoms with E-state index in [2.05, 4.69) is 0 Å². The van der Waals surface area contributed by atoms with Gasteiger partial charge in [0, 0.05) is 24.8 Å². The summed E-state index contributed by atoms with van der Waals surface area (Å²) in [5.41, 5.74) is 0.446. The van der Waals surface area contributed by atoms with E-state index in [1.165, 1.54) is 21.1 Å². The number of amides is 1. The molecular weight excluding hydrogens is 294 g/mol. The van der Waals surface area contributed by atoms with E-state index in [9.17, 15) is 9.59 Å². The molecule has 1 aromatic rings. The Balaban J connectivity index is 2.39. The lowest BCUT2D eigenvalue weighted by Gasteiger charge is -2.17. The van der Waals surface area contributed by atoms with Crippen LogP contribution in [0, 0.1) is 0 Å². The molecule has 0 aromatic heterocycles. The van der Waals surface area contributed by atoms with Gasteiger partial charge in [0.25, 0.3) is 5.91 Å². The van der Waals surface area contributed by atoms with E-state index in [4.69, 9.17) is 14.2 Å². The largest absolute Gasteiger partial charge is 0.493 e. The van der Waals surface area contributed by atoms with Crippen LogP contribution in [0.25, 0.3) is 0 Å². The Kier molecular flexibility index (Phi) is 4.95. The first-order valence-corrected chi connectivity index (χ1v) is 7.53. The van der Waals surface area contributed by atoms with Crippen molar-refractivity contribution in [3.63, 3.8) is 0 Å². The number of methoxy groups -OCH3 is 2. The molecule has 0 N–H and O–H groups in total. The van der Waals surface area contributed by atoms with Crippen molar-refractivity contribution in [2.75, 3.05) is 32.4 Å². The van der Waals surface area contributed by atoms with E-state index in [1.54, 1.807) is 28.8 Å². The fraction of sp³-hybridized carbons (Fsp3) is 0.429. The Morgan fingerprint density at radius 1 is 1.19 bits per heavy atom. The van der Waals surface area contributed by atoms with Crippen LogP contribution < -0.4 is 14.2 Å². The van der Waals surface area contributed by atoms with E-state index < -0.39 is 5.97 Å². The molecule has 0 radical (unpaired) electrons. The summed E-state index contributed by atoms with van der Waals surface area (Å²) in [7, 11) is 2.89. The Morgan fingerprint density at radius 2 is 1.81 bits per heavy atom. The molecule has 114 valence electrons. The standard InChI is InChI=1S/C14H17NO5S/c1-9(16)20-13-11(18-2)6-10(7-12(13)19-3)14(17)15-4-5-21-8-15/h6-7H,4-5,8H2,1-3H3. The minimum absolute atomic E-state index is 0.0917. The summed E-state index contributed by atoms with van der Waals surface area (Å²) in [5.74, 6) is 1.80. The van der Waals surface area contributed by atoms with Crippen LogP contribution in [0.3, 0.4) is 0 Å². The van der Waals surface area contributed by atoms with E-state index >= 15 is 0 Å². The van der Waals surface area contributed by atoms with Crippen molar-refractivity contribution in [1.29, 1.82) is 0 Å². The number of thioether (sulfide) groups is 1. The quantitative estimate of drug-likeness (QED) is 0.624. The van der Waals surface area contributed by atoms with E-state index in [1.807, 2.05) is 0 Å². The molecule has 1 saturated heterocycles. The number of rotatable bonds is 4. The molecule has 0 bridgehead atoms. The number of ether oxygens (including phenoxy) is 3. The predicted molar refractivity (Wildman–Crippen MR) is 79.2 cm³/mol. The maximum atomic E-state index is 12.4. The summed E-state index contributed by atoms with van der Waals surface area (Å²) in [5, 5.41) is 0. The molecule has 1 aliphatic rings. The van der Waals surface area contributed by atoms with E-state index in [-0.39, 0.29) is 11.7 Å². The fourth-order valence-electron chi connectivity index (χ4n) is 2.00.